The maximum absolute atomic E-state index is 5.89. The summed E-state index contributed by atoms with van der Waals surface area (Å²) in [6.45, 7) is 8.45. The van der Waals surface area contributed by atoms with E-state index in [-0.39, 0.29) is 0 Å². The van der Waals surface area contributed by atoms with E-state index in [0.29, 0.717) is 18.7 Å². The van der Waals surface area contributed by atoms with Crippen LogP contribution in [-0.4, -0.2) is 53.8 Å². The smallest absolute Gasteiger partial charge is 0.225 e. The third kappa shape index (κ3) is 3.63. The second-order valence-electron chi connectivity index (χ2n) is 8.00. The number of morpholine rings is 1. The number of benzene rings is 1. The zero-order valence-corrected chi connectivity index (χ0v) is 16.8. The molecule has 29 heavy (non-hydrogen) atoms. The molecule has 1 aromatic carbocycles. The fourth-order valence-electron chi connectivity index (χ4n) is 4.85. The number of para-hydroxylation sites is 1. The molecule has 2 fully saturated rings. The van der Waals surface area contributed by atoms with Crippen LogP contribution < -0.4 is 9.64 Å². The first-order valence-corrected chi connectivity index (χ1v) is 10.6. The van der Waals surface area contributed by atoms with Crippen molar-refractivity contribution >= 4 is 5.95 Å². The zero-order valence-electron chi connectivity index (χ0n) is 16.8. The van der Waals surface area contributed by atoms with Gasteiger partial charge in [0.25, 0.3) is 0 Å². The number of hydrogen-bond donors (Lipinski definition) is 0. The molecule has 3 aliphatic heterocycles. The van der Waals surface area contributed by atoms with Gasteiger partial charge < -0.3 is 14.4 Å². The summed E-state index contributed by atoms with van der Waals surface area (Å²) in [5.41, 5.74) is 3.78. The van der Waals surface area contributed by atoms with Crippen molar-refractivity contribution in [3.05, 3.63) is 59.9 Å². The van der Waals surface area contributed by atoms with Gasteiger partial charge in [-0.15, -0.1) is 0 Å². The number of rotatable bonds is 6. The second kappa shape index (κ2) is 8.13. The molecule has 0 spiro atoms. The molecule has 2 aromatic rings. The highest BCUT2D eigenvalue weighted by atomic mass is 16.5. The maximum Gasteiger partial charge on any atom is 0.225 e. The number of aromatic nitrogens is 2. The number of ether oxygens (including phenoxy) is 2. The summed E-state index contributed by atoms with van der Waals surface area (Å²) in [4.78, 5) is 14.6. The van der Waals surface area contributed by atoms with Gasteiger partial charge in [0.2, 0.25) is 5.95 Å². The van der Waals surface area contributed by atoms with E-state index in [4.69, 9.17) is 19.4 Å². The lowest BCUT2D eigenvalue weighted by atomic mass is 9.98. The van der Waals surface area contributed by atoms with Crippen molar-refractivity contribution in [2.75, 3.05) is 37.8 Å². The first-order valence-electron chi connectivity index (χ1n) is 10.6. The van der Waals surface area contributed by atoms with E-state index >= 15 is 0 Å². The Labute approximate surface area is 172 Å². The lowest BCUT2D eigenvalue weighted by Gasteiger charge is -2.36. The third-order valence-corrected chi connectivity index (χ3v) is 6.29. The summed E-state index contributed by atoms with van der Waals surface area (Å²) in [6.07, 6.45) is 7.26. The predicted molar refractivity (Wildman–Crippen MR) is 112 cm³/mol. The molecule has 0 aliphatic carbocycles. The molecular formula is C23H28N4O2. The number of hydrogen-bond acceptors (Lipinski definition) is 6. The first kappa shape index (κ1) is 18.6. The molecule has 152 valence electrons. The lowest BCUT2D eigenvalue weighted by Crippen LogP contribution is -2.40. The highest BCUT2D eigenvalue weighted by Crippen LogP contribution is 2.44. The Kier molecular flexibility index (Phi) is 5.21. The van der Waals surface area contributed by atoms with Gasteiger partial charge in [-0.2, -0.15) is 0 Å². The summed E-state index contributed by atoms with van der Waals surface area (Å²) in [6, 6.07) is 9.28. The normalized spacial score (nSPS) is 23.7. The van der Waals surface area contributed by atoms with Crippen molar-refractivity contribution in [2.24, 2.45) is 0 Å². The number of nitrogens with zero attached hydrogens (tertiary/aromatic N) is 4. The van der Waals surface area contributed by atoms with Crippen LogP contribution >= 0.6 is 0 Å². The van der Waals surface area contributed by atoms with Crippen molar-refractivity contribution in [3.63, 3.8) is 0 Å². The summed E-state index contributed by atoms with van der Waals surface area (Å²) in [5, 5.41) is 0. The molecule has 5 rings (SSSR count). The van der Waals surface area contributed by atoms with Gasteiger partial charge in [0.1, 0.15) is 12.4 Å². The highest BCUT2D eigenvalue weighted by molar-refractivity contribution is 5.39. The Morgan fingerprint density at radius 1 is 1.21 bits per heavy atom. The Morgan fingerprint density at radius 2 is 2.07 bits per heavy atom. The van der Waals surface area contributed by atoms with Gasteiger partial charge in [0.05, 0.1) is 18.9 Å². The Bertz CT molecular complexity index is 881. The zero-order chi connectivity index (χ0) is 19.6. The minimum Gasteiger partial charge on any atom is -0.489 e. The SMILES string of the molecule is C=CCOc1ccccc1CN1[C@H]2CC[C@H]1c1cnc(N3CCOCC3)nc1C2. The molecular weight excluding hydrogens is 364 g/mol. The van der Waals surface area contributed by atoms with Gasteiger partial charge in [-0.05, 0) is 18.9 Å². The van der Waals surface area contributed by atoms with Crippen molar-refractivity contribution in [2.45, 2.75) is 37.9 Å². The number of anilines is 1. The molecule has 2 saturated heterocycles. The standard InChI is InChI=1S/C23H28N4O2/c1-2-11-29-22-6-4-3-5-17(22)16-27-18-7-8-21(27)19-15-24-23(25-20(19)14-18)26-9-12-28-13-10-26/h2-6,15,18,21H,1,7-14,16H2/t18-,21-/m0/s1. The molecule has 1 aromatic heterocycles. The van der Waals surface area contributed by atoms with E-state index in [2.05, 4.69) is 40.8 Å². The van der Waals surface area contributed by atoms with Gasteiger partial charge in [-0.3, -0.25) is 4.90 Å². The fourth-order valence-corrected chi connectivity index (χ4v) is 4.85. The molecule has 4 heterocycles. The van der Waals surface area contributed by atoms with Crippen LogP contribution in [-0.2, 0) is 17.7 Å². The average molecular weight is 393 g/mol. The molecule has 2 atom stereocenters. The van der Waals surface area contributed by atoms with Crippen LogP contribution in [0, 0.1) is 0 Å². The minimum atomic E-state index is 0.398. The summed E-state index contributed by atoms with van der Waals surface area (Å²) < 4.78 is 11.3. The van der Waals surface area contributed by atoms with Crippen molar-refractivity contribution < 1.29 is 9.47 Å². The van der Waals surface area contributed by atoms with Crippen molar-refractivity contribution in [3.8, 4) is 5.75 Å². The van der Waals surface area contributed by atoms with Crippen LogP contribution in [0.4, 0.5) is 5.95 Å². The van der Waals surface area contributed by atoms with E-state index in [0.717, 1.165) is 51.0 Å². The van der Waals surface area contributed by atoms with Gasteiger partial charge in [0.15, 0.2) is 0 Å². The summed E-state index contributed by atoms with van der Waals surface area (Å²) in [5.74, 6) is 1.82. The van der Waals surface area contributed by atoms with E-state index in [1.54, 1.807) is 6.08 Å². The van der Waals surface area contributed by atoms with Gasteiger partial charge in [0, 0.05) is 55.5 Å². The fraction of sp³-hybridized carbons (Fsp3) is 0.478. The molecule has 6 nitrogen and oxygen atoms in total. The Morgan fingerprint density at radius 3 is 2.93 bits per heavy atom. The molecule has 3 aliphatic rings. The van der Waals surface area contributed by atoms with Crippen molar-refractivity contribution in [1.29, 1.82) is 0 Å². The maximum atomic E-state index is 5.89. The van der Waals surface area contributed by atoms with Gasteiger partial charge in [-0.1, -0.05) is 30.9 Å². The van der Waals surface area contributed by atoms with Crippen LogP contribution in [0.2, 0.25) is 0 Å². The molecule has 0 N–H and O–H groups in total. The molecule has 0 unspecified atom stereocenters. The second-order valence-corrected chi connectivity index (χ2v) is 8.00. The van der Waals surface area contributed by atoms with E-state index in [1.807, 2.05) is 6.07 Å². The average Bonchev–Trinajstić information content (AvgIpc) is 3.05. The third-order valence-electron chi connectivity index (χ3n) is 6.29. The molecule has 0 radical (unpaired) electrons. The van der Waals surface area contributed by atoms with E-state index in [9.17, 15) is 0 Å². The lowest BCUT2D eigenvalue weighted by molar-refractivity contribution is 0.122. The monoisotopic (exact) mass is 392 g/mol. The molecule has 0 saturated carbocycles. The predicted octanol–water partition coefficient (Wildman–Crippen LogP) is 3.14. The van der Waals surface area contributed by atoms with Crippen LogP contribution in [0.1, 0.15) is 35.7 Å². The summed E-state index contributed by atoms with van der Waals surface area (Å²) >= 11 is 0. The Hall–Kier alpha value is -2.44. The topological polar surface area (TPSA) is 50.7 Å². The van der Waals surface area contributed by atoms with Gasteiger partial charge >= 0.3 is 0 Å². The van der Waals surface area contributed by atoms with Crippen LogP contribution in [0.3, 0.4) is 0 Å². The van der Waals surface area contributed by atoms with Crippen LogP contribution in [0.5, 0.6) is 5.75 Å². The van der Waals surface area contributed by atoms with Crippen molar-refractivity contribution in [1.82, 2.24) is 14.9 Å². The van der Waals surface area contributed by atoms with E-state index < -0.39 is 0 Å². The quantitative estimate of drug-likeness (QED) is 0.704. The van der Waals surface area contributed by atoms with Gasteiger partial charge in [-0.25, -0.2) is 9.97 Å². The largest absolute Gasteiger partial charge is 0.489 e. The molecule has 0 amide bonds. The van der Waals surface area contributed by atoms with Crippen LogP contribution in [0.25, 0.3) is 0 Å². The van der Waals surface area contributed by atoms with E-state index in [1.165, 1.54) is 29.7 Å². The Balaban J connectivity index is 1.37. The minimum absolute atomic E-state index is 0.398. The van der Waals surface area contributed by atoms with Crippen LogP contribution in [0.15, 0.2) is 43.1 Å². The first-order chi connectivity index (χ1) is 14.3. The molecule has 6 heteroatoms. The highest BCUT2D eigenvalue weighted by Gasteiger charge is 2.41. The summed E-state index contributed by atoms with van der Waals surface area (Å²) in [7, 11) is 0. The number of fused-ring (bicyclic) bond motifs is 4. The molecule has 2 bridgehead atoms.